The van der Waals surface area contributed by atoms with Crippen molar-refractivity contribution in [2.24, 2.45) is 0 Å². The lowest BCUT2D eigenvalue weighted by Crippen LogP contribution is -2.14. The molecule has 1 aromatic heterocycles. The number of nitrogens with one attached hydrogen (secondary N) is 2. The van der Waals surface area contributed by atoms with E-state index in [4.69, 9.17) is 11.0 Å². The van der Waals surface area contributed by atoms with Crippen molar-refractivity contribution in [2.45, 2.75) is 5.75 Å². The summed E-state index contributed by atoms with van der Waals surface area (Å²) in [4.78, 5) is 24.4. The Labute approximate surface area is 170 Å². The van der Waals surface area contributed by atoms with Crippen molar-refractivity contribution in [3.8, 4) is 6.07 Å². The molecular weight excluding hydrogens is 393 g/mol. The number of halogens is 1. The van der Waals surface area contributed by atoms with Gasteiger partial charge in [0.25, 0.3) is 0 Å². The van der Waals surface area contributed by atoms with E-state index in [0.29, 0.717) is 28.5 Å². The van der Waals surface area contributed by atoms with Gasteiger partial charge < -0.3 is 16.4 Å². The van der Waals surface area contributed by atoms with Crippen LogP contribution in [0.2, 0.25) is 0 Å². The van der Waals surface area contributed by atoms with Crippen molar-refractivity contribution in [2.75, 3.05) is 22.1 Å². The Balaban J connectivity index is 1.54. The minimum atomic E-state index is -0.347. The fourth-order valence-corrected chi connectivity index (χ4v) is 2.99. The molecule has 0 fully saturated rings. The third-order valence-electron chi connectivity index (χ3n) is 3.54. The number of carbonyl (C=O) groups is 1. The van der Waals surface area contributed by atoms with Gasteiger partial charge in [-0.15, -0.1) is 11.8 Å². The van der Waals surface area contributed by atoms with Gasteiger partial charge in [-0.2, -0.15) is 20.2 Å². The number of amides is 1. The van der Waals surface area contributed by atoms with E-state index in [1.54, 1.807) is 36.4 Å². The minimum Gasteiger partial charge on any atom is -0.368 e. The maximum absolute atomic E-state index is 13.0. The van der Waals surface area contributed by atoms with E-state index in [2.05, 4.69) is 25.6 Å². The SMILES string of the molecule is N#Cc1cccc(NC(=O)CSCc2nc(N)nc(Nc3ccc(F)cc3)n2)c1. The van der Waals surface area contributed by atoms with Gasteiger partial charge in [0, 0.05) is 11.4 Å². The number of nitrogen functional groups attached to an aromatic ring is 1. The van der Waals surface area contributed by atoms with Crippen molar-refractivity contribution >= 4 is 40.9 Å². The largest absolute Gasteiger partial charge is 0.368 e. The van der Waals surface area contributed by atoms with Crippen LogP contribution in [-0.2, 0) is 10.5 Å². The molecule has 4 N–H and O–H groups in total. The van der Waals surface area contributed by atoms with Crippen LogP contribution in [-0.4, -0.2) is 26.6 Å². The number of benzene rings is 2. The fraction of sp³-hybridized carbons (Fsp3) is 0.105. The highest BCUT2D eigenvalue weighted by atomic mass is 32.2. The van der Waals surface area contributed by atoms with Crippen molar-refractivity contribution < 1.29 is 9.18 Å². The first-order chi connectivity index (χ1) is 14.0. The molecule has 0 spiro atoms. The molecule has 0 radical (unpaired) electrons. The molecule has 146 valence electrons. The monoisotopic (exact) mass is 409 g/mol. The summed E-state index contributed by atoms with van der Waals surface area (Å²) >= 11 is 1.31. The fourth-order valence-electron chi connectivity index (χ4n) is 2.32. The van der Waals surface area contributed by atoms with Crippen molar-refractivity contribution in [3.63, 3.8) is 0 Å². The van der Waals surface area contributed by atoms with Crippen LogP contribution in [0.3, 0.4) is 0 Å². The lowest BCUT2D eigenvalue weighted by Gasteiger charge is -2.08. The number of hydrogen-bond donors (Lipinski definition) is 3. The summed E-state index contributed by atoms with van der Waals surface area (Å²) in [6.07, 6.45) is 0. The van der Waals surface area contributed by atoms with Crippen molar-refractivity contribution in [1.82, 2.24) is 15.0 Å². The van der Waals surface area contributed by atoms with Gasteiger partial charge in [-0.25, -0.2) is 4.39 Å². The molecule has 29 heavy (non-hydrogen) atoms. The number of aromatic nitrogens is 3. The summed E-state index contributed by atoms with van der Waals surface area (Å²) in [6.45, 7) is 0. The molecule has 0 atom stereocenters. The maximum Gasteiger partial charge on any atom is 0.234 e. The van der Waals surface area contributed by atoms with E-state index in [1.165, 1.54) is 23.9 Å². The van der Waals surface area contributed by atoms with E-state index in [1.807, 2.05) is 6.07 Å². The zero-order valence-electron chi connectivity index (χ0n) is 15.1. The van der Waals surface area contributed by atoms with Gasteiger partial charge in [0.1, 0.15) is 11.6 Å². The predicted octanol–water partition coefficient (Wildman–Crippen LogP) is 3.08. The van der Waals surface area contributed by atoms with Crippen LogP contribution < -0.4 is 16.4 Å². The maximum atomic E-state index is 13.0. The summed E-state index contributed by atoms with van der Waals surface area (Å²) < 4.78 is 13.0. The molecule has 0 aliphatic heterocycles. The number of anilines is 4. The lowest BCUT2D eigenvalue weighted by molar-refractivity contribution is -0.113. The Bertz CT molecular complexity index is 1050. The standard InChI is InChI=1S/C19H16FN7OS/c20-13-4-6-14(7-5-13)24-19-26-16(25-18(22)27-19)10-29-11-17(28)23-15-3-1-2-12(8-15)9-21/h1-8H,10-11H2,(H,23,28)(H3,22,24,25,26,27). The molecule has 0 saturated carbocycles. The molecule has 3 aromatic rings. The van der Waals surface area contributed by atoms with Gasteiger partial charge in [0.05, 0.1) is 23.1 Å². The van der Waals surface area contributed by atoms with Gasteiger partial charge in [-0.1, -0.05) is 6.07 Å². The number of carbonyl (C=O) groups excluding carboxylic acids is 1. The number of thioether (sulfide) groups is 1. The highest BCUT2D eigenvalue weighted by molar-refractivity contribution is 7.99. The van der Waals surface area contributed by atoms with Crippen LogP contribution in [0.15, 0.2) is 48.5 Å². The molecule has 8 nitrogen and oxygen atoms in total. The second kappa shape index (κ2) is 9.48. The summed E-state index contributed by atoms with van der Waals surface area (Å²) in [7, 11) is 0. The normalized spacial score (nSPS) is 10.2. The van der Waals surface area contributed by atoms with Crippen molar-refractivity contribution in [3.05, 3.63) is 65.7 Å². The lowest BCUT2D eigenvalue weighted by atomic mass is 10.2. The topological polar surface area (TPSA) is 130 Å². The van der Waals surface area contributed by atoms with Crippen LogP contribution in [0.5, 0.6) is 0 Å². The molecule has 10 heteroatoms. The molecule has 0 bridgehead atoms. The van der Waals surface area contributed by atoms with Crippen LogP contribution in [0.1, 0.15) is 11.4 Å². The Morgan fingerprint density at radius 3 is 2.69 bits per heavy atom. The Kier molecular flexibility index (Phi) is 6.55. The average molecular weight is 409 g/mol. The first-order valence-corrected chi connectivity index (χ1v) is 9.58. The Morgan fingerprint density at radius 2 is 1.93 bits per heavy atom. The number of nitrogens with zero attached hydrogens (tertiary/aromatic N) is 4. The van der Waals surface area contributed by atoms with Crippen molar-refractivity contribution in [1.29, 1.82) is 5.26 Å². The Morgan fingerprint density at radius 1 is 1.14 bits per heavy atom. The summed E-state index contributed by atoms with van der Waals surface area (Å²) in [6, 6.07) is 14.4. The van der Waals surface area contributed by atoms with Gasteiger partial charge in [-0.05, 0) is 42.5 Å². The first kappa shape index (κ1) is 20.0. The highest BCUT2D eigenvalue weighted by Crippen LogP contribution is 2.17. The quantitative estimate of drug-likeness (QED) is 0.543. The highest BCUT2D eigenvalue weighted by Gasteiger charge is 2.08. The third kappa shape index (κ3) is 6.15. The number of hydrogen-bond acceptors (Lipinski definition) is 8. The van der Waals surface area contributed by atoms with E-state index < -0.39 is 0 Å². The molecule has 3 rings (SSSR count). The van der Waals surface area contributed by atoms with Gasteiger partial charge >= 0.3 is 0 Å². The minimum absolute atomic E-state index is 0.0398. The molecule has 2 aromatic carbocycles. The second-order valence-electron chi connectivity index (χ2n) is 5.80. The number of rotatable bonds is 7. The zero-order valence-corrected chi connectivity index (χ0v) is 15.9. The molecule has 0 aliphatic carbocycles. The average Bonchev–Trinajstić information content (AvgIpc) is 2.69. The third-order valence-corrected chi connectivity index (χ3v) is 4.47. The first-order valence-electron chi connectivity index (χ1n) is 8.42. The summed E-state index contributed by atoms with van der Waals surface area (Å²) in [5, 5.41) is 14.6. The van der Waals surface area contributed by atoms with Crippen LogP contribution in [0.25, 0.3) is 0 Å². The zero-order chi connectivity index (χ0) is 20.6. The second-order valence-corrected chi connectivity index (χ2v) is 6.78. The molecule has 1 heterocycles. The molecule has 1 amide bonds. The molecular formula is C19H16FN7OS. The van der Waals surface area contributed by atoms with Crippen LogP contribution in [0.4, 0.5) is 27.7 Å². The van der Waals surface area contributed by atoms with E-state index in [-0.39, 0.29) is 29.4 Å². The Hall–Kier alpha value is -3.71. The van der Waals surface area contributed by atoms with E-state index in [9.17, 15) is 9.18 Å². The molecule has 0 saturated heterocycles. The van der Waals surface area contributed by atoms with Gasteiger partial charge in [0.2, 0.25) is 17.8 Å². The van der Waals surface area contributed by atoms with E-state index >= 15 is 0 Å². The van der Waals surface area contributed by atoms with Crippen LogP contribution >= 0.6 is 11.8 Å². The summed E-state index contributed by atoms with van der Waals surface area (Å²) in [5.74, 6) is 0.638. The van der Waals surface area contributed by atoms with Crippen LogP contribution in [0, 0.1) is 17.1 Å². The van der Waals surface area contributed by atoms with Gasteiger partial charge in [0.15, 0.2) is 0 Å². The van der Waals surface area contributed by atoms with E-state index in [0.717, 1.165) is 0 Å². The summed E-state index contributed by atoms with van der Waals surface area (Å²) in [5.41, 5.74) is 7.36. The smallest absolute Gasteiger partial charge is 0.234 e. The molecule has 0 aliphatic rings. The predicted molar refractivity (Wildman–Crippen MR) is 110 cm³/mol. The number of nitrogens with two attached hydrogens (primary N) is 1. The molecule has 0 unspecified atom stereocenters. The number of nitriles is 1. The van der Waals surface area contributed by atoms with Gasteiger partial charge in [-0.3, -0.25) is 4.79 Å².